The normalized spacial score (nSPS) is 11.3. The van der Waals surface area contributed by atoms with E-state index in [9.17, 15) is 13.6 Å². The Morgan fingerprint density at radius 2 is 2.04 bits per heavy atom. The first-order valence-corrected chi connectivity index (χ1v) is 8.70. The van der Waals surface area contributed by atoms with E-state index in [-0.39, 0.29) is 0 Å². The second-order valence-corrected chi connectivity index (χ2v) is 6.61. The summed E-state index contributed by atoms with van der Waals surface area (Å²) < 4.78 is 27.2. The monoisotopic (exact) mass is 401 g/mol. The lowest BCUT2D eigenvalue weighted by molar-refractivity contribution is 0.102. The highest BCUT2D eigenvalue weighted by molar-refractivity contribution is 6.30. The van der Waals surface area contributed by atoms with Crippen molar-refractivity contribution in [1.29, 1.82) is 0 Å². The van der Waals surface area contributed by atoms with Crippen LogP contribution < -0.4 is 5.32 Å². The maximum absolute atomic E-state index is 12.8. The van der Waals surface area contributed by atoms with E-state index in [2.05, 4.69) is 20.4 Å². The Hall–Kier alpha value is -3.26. The van der Waals surface area contributed by atoms with E-state index in [1.165, 1.54) is 18.2 Å². The van der Waals surface area contributed by atoms with Gasteiger partial charge in [0.05, 0.1) is 22.4 Å². The molecule has 6 nitrogen and oxygen atoms in total. The second-order valence-electron chi connectivity index (χ2n) is 6.17. The number of anilines is 1. The molecule has 0 bridgehead atoms. The summed E-state index contributed by atoms with van der Waals surface area (Å²) in [6.07, 6.45) is -2.71. The van der Waals surface area contributed by atoms with Gasteiger partial charge in [0.25, 0.3) is 12.3 Å². The third-order valence-corrected chi connectivity index (χ3v) is 4.33. The van der Waals surface area contributed by atoms with Crippen molar-refractivity contribution in [2.45, 2.75) is 13.3 Å². The van der Waals surface area contributed by atoms with E-state index in [0.717, 1.165) is 0 Å². The van der Waals surface area contributed by atoms with Gasteiger partial charge in [0.2, 0.25) is 0 Å². The van der Waals surface area contributed by atoms with Crippen molar-refractivity contribution in [2.24, 2.45) is 0 Å². The molecule has 0 radical (unpaired) electrons. The lowest BCUT2D eigenvalue weighted by atomic mass is 10.2. The van der Waals surface area contributed by atoms with Gasteiger partial charge in [-0.3, -0.25) is 4.79 Å². The Balaban J connectivity index is 1.65. The van der Waals surface area contributed by atoms with Gasteiger partial charge in [-0.1, -0.05) is 17.7 Å². The summed E-state index contributed by atoms with van der Waals surface area (Å²) in [7, 11) is 0. The number of halogens is 3. The van der Waals surface area contributed by atoms with Gasteiger partial charge in [-0.05, 0) is 43.3 Å². The van der Waals surface area contributed by atoms with Crippen molar-refractivity contribution >= 4 is 34.4 Å². The van der Waals surface area contributed by atoms with Crippen LogP contribution >= 0.6 is 11.6 Å². The van der Waals surface area contributed by atoms with Crippen molar-refractivity contribution < 1.29 is 13.6 Å². The number of imidazole rings is 1. The van der Waals surface area contributed by atoms with Gasteiger partial charge in [0, 0.05) is 16.7 Å². The van der Waals surface area contributed by atoms with E-state index >= 15 is 0 Å². The predicted octanol–water partition coefficient (Wildman–Crippen LogP) is 4.90. The van der Waals surface area contributed by atoms with Gasteiger partial charge in [0.15, 0.2) is 5.82 Å². The van der Waals surface area contributed by atoms with Crippen LogP contribution in [0.5, 0.6) is 0 Å². The number of fused-ring (bicyclic) bond motifs is 1. The minimum absolute atomic E-state index is 0.300. The molecular formula is C19H14ClF2N5O. The molecule has 1 amide bonds. The molecule has 9 heteroatoms. The fourth-order valence-electron chi connectivity index (χ4n) is 2.86. The number of carbonyl (C=O) groups is 1. The first-order chi connectivity index (χ1) is 13.4. The van der Waals surface area contributed by atoms with Gasteiger partial charge in [-0.2, -0.15) is 5.10 Å². The molecule has 0 atom stereocenters. The first-order valence-electron chi connectivity index (χ1n) is 8.32. The number of nitrogens with zero attached hydrogens (tertiary/aromatic N) is 3. The van der Waals surface area contributed by atoms with Crippen LogP contribution in [-0.4, -0.2) is 25.7 Å². The summed E-state index contributed by atoms with van der Waals surface area (Å²) in [4.78, 5) is 19.0. The molecule has 0 saturated heterocycles. The fourth-order valence-corrected chi connectivity index (χ4v) is 3.04. The van der Waals surface area contributed by atoms with Crippen molar-refractivity contribution in [3.8, 4) is 5.69 Å². The van der Waals surface area contributed by atoms with Crippen LogP contribution in [0.15, 0.2) is 48.5 Å². The summed E-state index contributed by atoms with van der Waals surface area (Å²) in [6.45, 7) is 1.80. The zero-order valence-corrected chi connectivity index (χ0v) is 15.3. The molecule has 0 saturated carbocycles. The number of carbonyl (C=O) groups excluding carboxylic acids is 1. The quantitative estimate of drug-likeness (QED) is 0.510. The Morgan fingerprint density at radius 1 is 1.21 bits per heavy atom. The number of hydrogen-bond acceptors (Lipinski definition) is 3. The highest BCUT2D eigenvalue weighted by Crippen LogP contribution is 2.23. The molecule has 4 rings (SSSR count). The average molecular weight is 402 g/mol. The SMILES string of the molecule is Cc1cc(NC(=O)c2ccc3nc(C(F)F)[nH]c3c2)n(-c2cccc(Cl)c2)n1. The number of rotatable bonds is 4. The summed E-state index contributed by atoms with van der Waals surface area (Å²) in [5.41, 5.74) is 2.44. The zero-order chi connectivity index (χ0) is 19.8. The standard InChI is InChI=1S/C19H14ClF2N5O/c1-10-7-16(27(26-10)13-4-2-3-12(20)9-13)25-19(28)11-5-6-14-15(8-11)24-18(23-14)17(21)22/h2-9,17H,1H3,(H,23,24)(H,25,28). The molecule has 2 aromatic carbocycles. The largest absolute Gasteiger partial charge is 0.337 e. The molecule has 2 N–H and O–H groups in total. The second kappa shape index (κ2) is 7.05. The van der Waals surface area contributed by atoms with E-state index in [0.29, 0.717) is 38.8 Å². The number of nitrogens with one attached hydrogen (secondary N) is 2. The molecular weight excluding hydrogens is 388 g/mol. The topological polar surface area (TPSA) is 75.6 Å². The van der Waals surface area contributed by atoms with Crippen LogP contribution in [-0.2, 0) is 0 Å². The number of alkyl halides is 2. The van der Waals surface area contributed by atoms with Crippen LogP contribution in [0.25, 0.3) is 16.7 Å². The zero-order valence-electron chi connectivity index (χ0n) is 14.6. The Bertz CT molecular complexity index is 1180. The van der Waals surface area contributed by atoms with E-state index in [1.807, 2.05) is 6.07 Å². The number of H-pyrrole nitrogens is 1. The van der Waals surface area contributed by atoms with Crippen molar-refractivity contribution in [1.82, 2.24) is 19.7 Å². The lowest BCUT2D eigenvalue weighted by Gasteiger charge is -2.09. The summed E-state index contributed by atoms with van der Waals surface area (Å²) in [5, 5.41) is 7.72. The van der Waals surface area contributed by atoms with Gasteiger partial charge in [-0.15, -0.1) is 0 Å². The van der Waals surface area contributed by atoms with E-state index < -0.39 is 18.2 Å². The Kier molecular flexibility index (Phi) is 4.56. The number of hydrogen-bond donors (Lipinski definition) is 2. The molecule has 0 aliphatic carbocycles. The van der Waals surface area contributed by atoms with Gasteiger partial charge in [0.1, 0.15) is 5.82 Å². The number of aromatic nitrogens is 4. The number of benzene rings is 2. The number of aromatic amines is 1. The molecule has 0 aliphatic rings. The van der Waals surface area contributed by atoms with Crippen molar-refractivity contribution in [3.63, 3.8) is 0 Å². The molecule has 2 heterocycles. The summed E-state index contributed by atoms with van der Waals surface area (Å²) >= 11 is 6.04. The molecule has 28 heavy (non-hydrogen) atoms. The Labute approximate surface area is 163 Å². The molecule has 4 aromatic rings. The first kappa shape index (κ1) is 18.1. The summed E-state index contributed by atoms with van der Waals surface area (Å²) in [6, 6.07) is 13.3. The predicted molar refractivity (Wildman–Crippen MR) is 102 cm³/mol. The summed E-state index contributed by atoms with van der Waals surface area (Å²) in [5.74, 6) is -0.372. The highest BCUT2D eigenvalue weighted by atomic mass is 35.5. The molecule has 0 fully saturated rings. The number of amides is 1. The highest BCUT2D eigenvalue weighted by Gasteiger charge is 2.16. The van der Waals surface area contributed by atoms with Crippen LogP contribution in [0.4, 0.5) is 14.6 Å². The molecule has 0 unspecified atom stereocenters. The molecule has 0 aliphatic heterocycles. The van der Waals surface area contributed by atoms with Crippen LogP contribution in [0, 0.1) is 6.92 Å². The minimum atomic E-state index is -2.71. The third-order valence-electron chi connectivity index (χ3n) is 4.09. The molecule has 142 valence electrons. The third kappa shape index (κ3) is 3.46. The van der Waals surface area contributed by atoms with Crippen LogP contribution in [0.1, 0.15) is 28.3 Å². The average Bonchev–Trinajstić information content (AvgIpc) is 3.24. The van der Waals surface area contributed by atoms with Crippen LogP contribution in [0.2, 0.25) is 5.02 Å². The smallest absolute Gasteiger partial charge is 0.295 e. The van der Waals surface area contributed by atoms with E-state index in [1.54, 1.807) is 35.9 Å². The fraction of sp³-hybridized carbons (Fsp3) is 0.105. The number of aryl methyl sites for hydroxylation is 1. The van der Waals surface area contributed by atoms with Gasteiger partial charge < -0.3 is 10.3 Å². The Morgan fingerprint density at radius 3 is 2.79 bits per heavy atom. The van der Waals surface area contributed by atoms with Crippen LogP contribution in [0.3, 0.4) is 0 Å². The van der Waals surface area contributed by atoms with E-state index in [4.69, 9.17) is 11.6 Å². The maximum atomic E-state index is 12.8. The molecule has 0 spiro atoms. The van der Waals surface area contributed by atoms with Gasteiger partial charge >= 0.3 is 0 Å². The van der Waals surface area contributed by atoms with Crippen molar-refractivity contribution in [3.05, 3.63) is 70.6 Å². The lowest BCUT2D eigenvalue weighted by Crippen LogP contribution is -2.15. The van der Waals surface area contributed by atoms with Crippen molar-refractivity contribution in [2.75, 3.05) is 5.32 Å². The minimum Gasteiger partial charge on any atom is -0.337 e. The molecule has 2 aromatic heterocycles. The maximum Gasteiger partial charge on any atom is 0.295 e. The van der Waals surface area contributed by atoms with Gasteiger partial charge in [-0.25, -0.2) is 18.4 Å².